The van der Waals surface area contributed by atoms with Crippen molar-refractivity contribution in [3.05, 3.63) is 205 Å². The average Bonchev–Trinajstić information content (AvgIpc) is 3.87. The number of nitrogens with one attached hydrogen (secondary N) is 1. The van der Waals surface area contributed by atoms with Gasteiger partial charge in [0.05, 0.1) is 0 Å². The van der Waals surface area contributed by atoms with E-state index >= 15 is 0 Å². The van der Waals surface area contributed by atoms with Crippen LogP contribution in [0, 0.1) is 0 Å². The number of hydrogen-bond acceptors (Lipinski definition) is 5. The van der Waals surface area contributed by atoms with Crippen LogP contribution in [0.25, 0.3) is 85.9 Å². The molecule has 1 atom stereocenters. The Bertz CT molecular complexity index is 3500. The second-order valence-electron chi connectivity index (χ2n) is 14.9. The molecule has 12 rings (SSSR count). The van der Waals surface area contributed by atoms with E-state index < -0.39 is 6.17 Å². The molecular formula is C53H33N3OS. The zero-order valence-electron chi connectivity index (χ0n) is 31.2. The zero-order valence-corrected chi connectivity index (χ0v) is 32.0. The number of amidine groups is 2. The minimum absolute atomic E-state index is 0.456. The molecule has 11 aromatic rings. The zero-order chi connectivity index (χ0) is 38.2. The van der Waals surface area contributed by atoms with Crippen LogP contribution in [0.15, 0.2) is 202 Å². The fraction of sp³-hybridized carbons (Fsp3) is 0.0189. The molecule has 5 heteroatoms. The van der Waals surface area contributed by atoms with E-state index in [0.29, 0.717) is 0 Å². The van der Waals surface area contributed by atoms with Crippen LogP contribution < -0.4 is 5.32 Å². The number of benzene rings is 9. The molecule has 4 nitrogen and oxygen atoms in total. The molecule has 0 amide bonds. The SMILES string of the molecule is c1ccc(C2=NC(c3cccc(-c4cccc5oc6ccc(-c7ccc8ccc9ccccc9c8c7)cc6c45)c3)N=C(c3cccc4sc5ccccc5c34)N2)cc1. The topological polar surface area (TPSA) is 49.9 Å². The summed E-state index contributed by atoms with van der Waals surface area (Å²) in [6.07, 6.45) is -0.456. The highest BCUT2D eigenvalue weighted by atomic mass is 32.1. The highest BCUT2D eigenvalue weighted by molar-refractivity contribution is 7.25. The summed E-state index contributed by atoms with van der Waals surface area (Å²) in [6, 6.07) is 66.9. The van der Waals surface area contributed by atoms with Gasteiger partial charge in [0.1, 0.15) is 22.8 Å². The van der Waals surface area contributed by atoms with Crippen molar-refractivity contribution in [1.82, 2.24) is 5.32 Å². The van der Waals surface area contributed by atoms with Gasteiger partial charge in [-0.1, -0.05) is 146 Å². The van der Waals surface area contributed by atoms with E-state index in [0.717, 1.165) is 67.0 Å². The van der Waals surface area contributed by atoms with Gasteiger partial charge in [-0.3, -0.25) is 0 Å². The highest BCUT2D eigenvalue weighted by Gasteiger charge is 2.24. The molecule has 1 N–H and O–H groups in total. The lowest BCUT2D eigenvalue weighted by Gasteiger charge is -2.23. The summed E-state index contributed by atoms with van der Waals surface area (Å²) in [5.74, 6) is 1.62. The molecular weight excluding hydrogens is 727 g/mol. The number of rotatable bonds is 5. The summed E-state index contributed by atoms with van der Waals surface area (Å²) >= 11 is 1.82. The van der Waals surface area contributed by atoms with Crippen molar-refractivity contribution in [2.45, 2.75) is 6.17 Å². The molecule has 3 heterocycles. The molecule has 272 valence electrons. The van der Waals surface area contributed by atoms with E-state index in [1.807, 2.05) is 17.4 Å². The number of thiophene rings is 1. The van der Waals surface area contributed by atoms with Gasteiger partial charge in [0.25, 0.3) is 0 Å². The first-order chi connectivity index (χ1) is 28.7. The van der Waals surface area contributed by atoms with Crippen LogP contribution in [0.3, 0.4) is 0 Å². The van der Waals surface area contributed by atoms with Gasteiger partial charge >= 0.3 is 0 Å². The van der Waals surface area contributed by atoms with Crippen molar-refractivity contribution in [1.29, 1.82) is 0 Å². The normalized spacial score (nSPS) is 14.4. The van der Waals surface area contributed by atoms with E-state index in [1.165, 1.54) is 47.3 Å². The van der Waals surface area contributed by atoms with Gasteiger partial charge in [-0.15, -0.1) is 11.3 Å². The van der Waals surface area contributed by atoms with Gasteiger partial charge in [0, 0.05) is 42.1 Å². The molecule has 0 aliphatic carbocycles. The summed E-state index contributed by atoms with van der Waals surface area (Å²) < 4.78 is 9.02. The first-order valence-electron chi connectivity index (χ1n) is 19.6. The van der Waals surface area contributed by atoms with Gasteiger partial charge < -0.3 is 9.73 Å². The molecule has 0 radical (unpaired) electrons. The second kappa shape index (κ2) is 13.1. The maximum Gasteiger partial charge on any atom is 0.169 e. The maximum atomic E-state index is 6.51. The summed E-state index contributed by atoms with van der Waals surface area (Å²) in [4.78, 5) is 10.6. The Hall–Kier alpha value is -7.34. The molecule has 2 aromatic heterocycles. The summed E-state index contributed by atoms with van der Waals surface area (Å²) in [6.45, 7) is 0. The van der Waals surface area contributed by atoms with Gasteiger partial charge in [-0.2, -0.15) is 0 Å². The van der Waals surface area contributed by atoms with Gasteiger partial charge in [-0.05, 0) is 91.8 Å². The predicted molar refractivity (Wildman–Crippen MR) is 244 cm³/mol. The third-order valence-corrected chi connectivity index (χ3v) is 12.7. The lowest BCUT2D eigenvalue weighted by atomic mass is 9.94. The fourth-order valence-corrected chi connectivity index (χ4v) is 9.88. The minimum atomic E-state index is -0.456. The molecule has 58 heavy (non-hydrogen) atoms. The molecule has 1 aliphatic rings. The van der Waals surface area contributed by atoms with Crippen LogP contribution in [0.2, 0.25) is 0 Å². The van der Waals surface area contributed by atoms with Gasteiger partial charge in [0.2, 0.25) is 0 Å². The fourth-order valence-electron chi connectivity index (χ4n) is 8.75. The van der Waals surface area contributed by atoms with Gasteiger partial charge in [-0.25, -0.2) is 9.98 Å². The maximum absolute atomic E-state index is 6.51. The molecule has 0 spiro atoms. The first-order valence-corrected chi connectivity index (χ1v) is 20.4. The van der Waals surface area contributed by atoms with Crippen molar-refractivity contribution < 1.29 is 4.42 Å². The average molecular weight is 760 g/mol. The molecule has 0 fully saturated rings. The summed E-state index contributed by atoms with van der Waals surface area (Å²) in [5.41, 5.74) is 9.37. The third-order valence-electron chi connectivity index (χ3n) is 11.5. The molecule has 1 unspecified atom stereocenters. The lowest BCUT2D eigenvalue weighted by Crippen LogP contribution is -2.36. The molecule has 1 aliphatic heterocycles. The first kappa shape index (κ1) is 32.9. The highest BCUT2D eigenvalue weighted by Crippen LogP contribution is 2.41. The molecule has 0 saturated heterocycles. The Balaban J connectivity index is 0.989. The lowest BCUT2D eigenvalue weighted by molar-refractivity contribution is 0.669. The number of nitrogens with zero attached hydrogens (tertiary/aromatic N) is 2. The Labute approximate surface area is 338 Å². The van der Waals surface area contributed by atoms with E-state index in [-0.39, 0.29) is 0 Å². The Morgan fingerprint density at radius 3 is 2.00 bits per heavy atom. The van der Waals surface area contributed by atoms with E-state index in [1.54, 1.807) is 0 Å². The predicted octanol–water partition coefficient (Wildman–Crippen LogP) is 14.1. The standard InChI is InChI=1S/C53H33N3OS/c1-2-12-34(13-3-1)51-54-52(56-53(55-51)42-19-10-22-48-50(42)41-17-6-7-21-47(41)58-48)38-15-8-14-37(29-38)40-18-9-20-46-49(40)44-31-36(27-28-45(44)57-46)35-26-25-33-24-23-32-11-4-5-16-39(32)43(33)30-35/h1-31,52H,(H,54,55,56). The third kappa shape index (κ3) is 5.36. The van der Waals surface area contributed by atoms with Crippen LogP contribution in [0.4, 0.5) is 0 Å². The second-order valence-corrected chi connectivity index (χ2v) is 16.0. The minimum Gasteiger partial charge on any atom is -0.456 e. The van der Waals surface area contributed by atoms with Crippen molar-refractivity contribution in [3.63, 3.8) is 0 Å². The van der Waals surface area contributed by atoms with E-state index in [2.05, 4.69) is 187 Å². The number of hydrogen-bond donors (Lipinski definition) is 1. The van der Waals surface area contributed by atoms with Crippen molar-refractivity contribution in [2.24, 2.45) is 9.98 Å². The van der Waals surface area contributed by atoms with Crippen LogP contribution in [0.1, 0.15) is 22.9 Å². The number of furan rings is 1. The van der Waals surface area contributed by atoms with Crippen molar-refractivity contribution in [2.75, 3.05) is 0 Å². The quantitative estimate of drug-likeness (QED) is 0.178. The summed E-state index contributed by atoms with van der Waals surface area (Å²) in [7, 11) is 0. The van der Waals surface area contributed by atoms with E-state index in [4.69, 9.17) is 14.4 Å². The Morgan fingerprint density at radius 1 is 0.414 bits per heavy atom. The Morgan fingerprint density at radius 2 is 1.09 bits per heavy atom. The summed E-state index contributed by atoms with van der Waals surface area (Å²) in [5, 5.41) is 13.3. The van der Waals surface area contributed by atoms with E-state index in [9.17, 15) is 0 Å². The van der Waals surface area contributed by atoms with Crippen LogP contribution >= 0.6 is 11.3 Å². The van der Waals surface area contributed by atoms with Gasteiger partial charge in [0.15, 0.2) is 6.17 Å². The Kier molecular flexibility index (Phi) is 7.43. The number of fused-ring (bicyclic) bond motifs is 9. The van der Waals surface area contributed by atoms with Crippen molar-refractivity contribution >= 4 is 86.7 Å². The van der Waals surface area contributed by atoms with Crippen molar-refractivity contribution in [3.8, 4) is 22.3 Å². The van der Waals surface area contributed by atoms with Crippen LogP contribution in [-0.4, -0.2) is 11.7 Å². The molecule has 0 bridgehead atoms. The molecule has 0 saturated carbocycles. The van der Waals surface area contributed by atoms with Crippen LogP contribution in [-0.2, 0) is 0 Å². The largest absolute Gasteiger partial charge is 0.456 e. The number of aliphatic imine (C=N–C) groups is 2. The monoisotopic (exact) mass is 759 g/mol. The molecule has 9 aromatic carbocycles. The van der Waals surface area contributed by atoms with Crippen LogP contribution in [0.5, 0.6) is 0 Å². The smallest absolute Gasteiger partial charge is 0.169 e.